The molecule has 16 atom stereocenters. The molecule has 132 heavy (non-hydrogen) atoms. The zero-order chi connectivity index (χ0) is 101. The Morgan fingerprint density at radius 3 is 0.758 bits per heavy atom. The van der Waals surface area contributed by atoms with Crippen LogP contribution in [0.1, 0.15) is 222 Å². The first-order valence-corrected chi connectivity index (χ1v) is 44.2. The molecule has 0 aromatic carbocycles. The molecule has 0 aliphatic rings. The van der Waals surface area contributed by atoms with Crippen molar-refractivity contribution < 1.29 is 127 Å². The zero-order valence-electron chi connectivity index (χ0n) is 76.5. The molecule has 0 radical (unpaired) electrons. The highest BCUT2D eigenvalue weighted by atomic mass is 16.4. The van der Waals surface area contributed by atoms with Crippen LogP contribution in [0, 0.1) is 23.7 Å². The minimum absolute atomic E-state index is 0.0152. The monoisotopic (exact) mass is 1880 g/mol. The molecule has 0 saturated heterocycles. The Morgan fingerprint density at radius 1 is 0.288 bits per heavy atom. The van der Waals surface area contributed by atoms with Gasteiger partial charge in [-0.05, 0) is 165 Å². The third kappa shape index (κ3) is 51.4. The van der Waals surface area contributed by atoms with E-state index in [2.05, 4.69) is 84.4 Å². The summed E-state index contributed by atoms with van der Waals surface area (Å²) in [6.07, 6.45) is -6.65. The minimum atomic E-state index is -2.14. The average molecular weight is 1890 g/mol. The molecule has 0 rings (SSSR count). The van der Waals surface area contributed by atoms with E-state index in [1.54, 1.807) is 55.4 Å². The lowest BCUT2D eigenvalue weighted by Crippen LogP contribution is -2.61. The van der Waals surface area contributed by atoms with Crippen LogP contribution in [0.25, 0.3) is 0 Å². The Labute approximate surface area is 765 Å². The second-order valence-electron chi connectivity index (χ2n) is 33.3. The Balaban J connectivity index is 7.70. The highest BCUT2D eigenvalue weighted by molar-refractivity contribution is 6.01. The first kappa shape index (κ1) is 120. The zero-order valence-corrected chi connectivity index (χ0v) is 76.5. The largest absolute Gasteiger partial charge is 0.481 e. The van der Waals surface area contributed by atoms with Gasteiger partial charge in [0.2, 0.25) is 88.6 Å². The molecule has 0 unspecified atom stereocenters. The average Bonchev–Trinajstić information content (AvgIpc) is 0.849. The second kappa shape index (κ2) is 65.3. The maximum Gasteiger partial charge on any atom is 0.326 e. The van der Waals surface area contributed by atoms with Gasteiger partial charge in [-0.1, -0.05) is 68.2 Å². The number of aliphatic hydroxyl groups is 1. The van der Waals surface area contributed by atoms with Crippen molar-refractivity contribution in [3.8, 4) is 0 Å². The molecule has 0 aliphatic carbocycles. The number of rotatable bonds is 72. The highest BCUT2D eigenvalue weighted by Gasteiger charge is 2.40. The number of hydrogen-bond acceptors (Lipinski definition) is 27. The molecule has 0 spiro atoms. The molecule has 0 aliphatic heterocycles. The highest BCUT2D eigenvalue weighted by Crippen LogP contribution is 2.18. The second-order valence-corrected chi connectivity index (χ2v) is 33.3. The van der Waals surface area contributed by atoms with Gasteiger partial charge in [0.25, 0.3) is 0 Å². The number of nitrogens with two attached hydrogens (primary N) is 9. The molecule has 0 fully saturated rings. The summed E-state index contributed by atoms with van der Waals surface area (Å²) in [6.45, 7) is 12.5. The molecular formula is C81H145N25O26. The van der Waals surface area contributed by atoms with E-state index in [0.29, 0.717) is 32.2 Å². The van der Waals surface area contributed by atoms with Crippen molar-refractivity contribution in [3.05, 3.63) is 0 Å². The van der Waals surface area contributed by atoms with Crippen molar-refractivity contribution in [2.45, 2.75) is 313 Å². The molecule has 750 valence electrons. The van der Waals surface area contributed by atoms with Gasteiger partial charge in [0.1, 0.15) is 84.6 Å². The number of carboxylic acids is 5. The normalized spacial score (nSPS) is 14.8. The lowest BCUT2D eigenvalue weighted by molar-refractivity contribution is -0.144. The Kier molecular flexibility index (Phi) is 59.3. The van der Waals surface area contributed by atoms with Gasteiger partial charge in [-0.15, -0.1) is 0 Å². The Bertz CT molecular complexity index is 3850. The molecule has 0 bridgehead atoms. The fourth-order valence-corrected chi connectivity index (χ4v) is 13.1. The molecule has 0 saturated carbocycles. The van der Waals surface area contributed by atoms with Crippen LogP contribution in [0.5, 0.6) is 0 Å². The fraction of sp³-hybridized carbons (Fsp3) is 0.728. The molecule has 38 N–H and O–H groups in total. The number of primary amides is 1. The number of carbonyl (C=O) groups excluding carboxylic acids is 15. The molecule has 0 heterocycles. The van der Waals surface area contributed by atoms with Crippen molar-refractivity contribution in [1.82, 2.24) is 74.4 Å². The van der Waals surface area contributed by atoms with E-state index in [-0.39, 0.29) is 115 Å². The van der Waals surface area contributed by atoms with E-state index >= 15 is 0 Å². The van der Waals surface area contributed by atoms with Crippen molar-refractivity contribution >= 4 is 130 Å². The standard InChI is InChI=1S/C81H145N25O26/c1-9-44(8)64(79(131)132)106-73(125)47(20-12-15-33-84)94-70(122)51(24-28-61(111)112)99-74(126)54(36-41(2)3)102-71(123)52(25-29-62(113)114)98-67(119)48(21-16-34-91-80(87)88)95-77(129)57(39-59(86)108)104-72(124)53(26-30-63(115)116)97-66(118)46(19-11-14-32-83)93-69(121)50(23-27-60(109)110)100-75(127)55(37-42(4)5)103-76(128)56(38-43(6)7)101-68(120)49(22-17-35-92-81(89)90)96-78(130)58(40-107)105-65(117)45(85)18-10-13-31-82/h41-58,64,107H,9-40,82-85H2,1-8H3,(H2,86,108)(H,93,121)(H,94,122)(H,95,129)(H,96,130)(H,97,118)(H,98,119)(H,99,126)(H,100,127)(H,101,120)(H,102,123)(H,103,128)(H,104,124)(H,105,117)(H,106,125)(H,109,110)(H,111,112)(H,113,114)(H,115,116)(H,131,132)(H4,87,88,91)(H4,89,90,92)/t44-,45-,46-,47-,48-,49-,50-,51-,52-,53-,54-,55-,56-,57-,58-,64-/m0/s1. The SMILES string of the molecule is CC[C@H](C)[C@H](NC(=O)[C@H](CCCCN)NC(=O)[C@H](CCC(=O)O)NC(=O)[C@H](CC(C)C)NC(=O)[C@H](CCC(=O)O)NC(=O)[C@H](CCCN=C(N)N)NC(=O)[C@H](CC(N)=O)NC(=O)[C@H](CCC(=O)O)NC(=O)[C@H](CCCCN)NC(=O)[C@H](CCC(=O)O)NC(=O)[C@H](CC(C)C)NC(=O)[C@H](CC(C)C)NC(=O)[C@H](CCCN=C(N)N)NC(=O)[C@H](CO)NC(=O)[C@@H](N)CCCCN)C(=O)O. The Morgan fingerprint density at radius 2 is 0.515 bits per heavy atom. The number of aliphatic hydroxyl groups excluding tert-OH is 1. The summed E-state index contributed by atoms with van der Waals surface area (Å²) < 4.78 is 0. The van der Waals surface area contributed by atoms with E-state index in [1.807, 2.05) is 0 Å². The summed E-state index contributed by atoms with van der Waals surface area (Å²) in [5.74, 6) is -27.0. The van der Waals surface area contributed by atoms with Crippen LogP contribution >= 0.6 is 0 Å². The Hall–Kier alpha value is -12.3. The smallest absolute Gasteiger partial charge is 0.326 e. The number of aliphatic carboxylic acids is 5. The summed E-state index contributed by atoms with van der Waals surface area (Å²) in [6, 6.07) is -25.1. The van der Waals surface area contributed by atoms with Crippen LogP contribution in [-0.2, 0) is 95.9 Å². The predicted octanol–water partition coefficient (Wildman–Crippen LogP) is -7.81. The topological polar surface area (TPSA) is 890 Å². The number of carbonyl (C=O) groups is 20. The van der Waals surface area contributed by atoms with Gasteiger partial charge in [0.15, 0.2) is 11.9 Å². The molecular weight excluding hydrogens is 1740 g/mol. The van der Waals surface area contributed by atoms with Crippen LogP contribution in [0.2, 0.25) is 0 Å². The summed E-state index contributed by atoms with van der Waals surface area (Å²) in [7, 11) is 0. The number of nitrogens with one attached hydrogen (secondary N) is 14. The molecule has 0 aromatic heterocycles. The molecule has 51 nitrogen and oxygen atoms in total. The maximum atomic E-state index is 14.7. The van der Waals surface area contributed by atoms with Crippen molar-refractivity contribution in [1.29, 1.82) is 0 Å². The number of hydrogen-bond donors (Lipinski definition) is 29. The maximum absolute atomic E-state index is 14.7. The van der Waals surface area contributed by atoms with Crippen LogP contribution in [-0.4, -0.2) is 291 Å². The summed E-state index contributed by atoms with van der Waals surface area (Å²) >= 11 is 0. The molecule has 15 amide bonds. The summed E-state index contributed by atoms with van der Waals surface area (Å²) in [5, 5.41) is 93.3. The van der Waals surface area contributed by atoms with E-state index in [4.69, 9.17) is 51.6 Å². The molecule has 0 aromatic rings. The quantitative estimate of drug-likeness (QED) is 0.0153. The number of guanidine groups is 2. The van der Waals surface area contributed by atoms with Gasteiger partial charge in [0, 0.05) is 38.8 Å². The summed E-state index contributed by atoms with van der Waals surface area (Å²) in [4.78, 5) is 281. The van der Waals surface area contributed by atoms with E-state index in [1.165, 1.54) is 0 Å². The van der Waals surface area contributed by atoms with Gasteiger partial charge in [-0.3, -0.25) is 101 Å². The number of amides is 15. The van der Waals surface area contributed by atoms with E-state index in [9.17, 15) is 127 Å². The number of nitrogens with zero attached hydrogens (tertiary/aromatic N) is 2. The minimum Gasteiger partial charge on any atom is -0.481 e. The number of unbranched alkanes of at least 4 members (excludes halogenated alkanes) is 3. The van der Waals surface area contributed by atoms with E-state index in [0.717, 1.165) is 0 Å². The van der Waals surface area contributed by atoms with Gasteiger partial charge >= 0.3 is 29.8 Å². The van der Waals surface area contributed by atoms with Crippen molar-refractivity contribution in [2.75, 3.05) is 39.3 Å². The lowest BCUT2D eigenvalue weighted by atomic mass is 9.98. The summed E-state index contributed by atoms with van der Waals surface area (Å²) in [5.41, 5.74) is 50.7. The third-order valence-electron chi connectivity index (χ3n) is 20.4. The van der Waals surface area contributed by atoms with Crippen molar-refractivity contribution in [2.24, 2.45) is 85.3 Å². The first-order chi connectivity index (χ1) is 61.9. The number of aliphatic imine (C=N–C) groups is 2. The van der Waals surface area contributed by atoms with Gasteiger partial charge in [-0.2, -0.15) is 0 Å². The molecule has 51 heteroatoms. The lowest BCUT2D eigenvalue weighted by Gasteiger charge is -2.29. The van der Waals surface area contributed by atoms with Gasteiger partial charge in [0.05, 0.1) is 19.1 Å². The number of carboxylic acid groups (broad SMARTS) is 5. The fourth-order valence-electron chi connectivity index (χ4n) is 13.1. The predicted molar refractivity (Wildman–Crippen MR) is 477 cm³/mol. The van der Waals surface area contributed by atoms with E-state index < -0.39 is 304 Å². The van der Waals surface area contributed by atoms with Gasteiger partial charge in [-0.25, -0.2) is 4.79 Å². The first-order valence-electron chi connectivity index (χ1n) is 44.2. The third-order valence-corrected chi connectivity index (χ3v) is 20.4. The van der Waals surface area contributed by atoms with Crippen LogP contribution < -0.4 is 126 Å². The van der Waals surface area contributed by atoms with Crippen LogP contribution in [0.15, 0.2) is 9.98 Å². The van der Waals surface area contributed by atoms with Crippen LogP contribution in [0.4, 0.5) is 0 Å². The van der Waals surface area contributed by atoms with Crippen LogP contribution in [0.3, 0.4) is 0 Å². The van der Waals surface area contributed by atoms with Gasteiger partial charge < -0.3 is 157 Å². The van der Waals surface area contributed by atoms with Crippen molar-refractivity contribution in [3.63, 3.8) is 0 Å².